The van der Waals surface area contributed by atoms with E-state index in [9.17, 15) is 4.79 Å². The van der Waals surface area contributed by atoms with E-state index >= 15 is 0 Å². The Kier molecular flexibility index (Phi) is 7.45. The second kappa shape index (κ2) is 10.1. The van der Waals surface area contributed by atoms with E-state index in [4.69, 9.17) is 18.8 Å². The van der Waals surface area contributed by atoms with Crippen molar-refractivity contribution in [1.82, 2.24) is 4.90 Å². The number of rotatable bonds is 8. The van der Waals surface area contributed by atoms with Gasteiger partial charge in [-0.2, -0.15) is 0 Å². The summed E-state index contributed by atoms with van der Waals surface area (Å²) in [6.45, 7) is 15.4. The molecule has 1 amide bonds. The molecule has 0 atom stereocenters. The Morgan fingerprint density at radius 3 is 2.22 bits per heavy atom. The highest BCUT2D eigenvalue weighted by Gasteiger charge is 2.51. The summed E-state index contributed by atoms with van der Waals surface area (Å²) in [5.41, 5.74) is 1.47. The summed E-state index contributed by atoms with van der Waals surface area (Å²) in [7, 11) is -0.521. The zero-order chi connectivity index (χ0) is 26.1. The maximum Gasteiger partial charge on any atom is 0.494 e. The third-order valence-electron chi connectivity index (χ3n) is 6.96. The summed E-state index contributed by atoms with van der Waals surface area (Å²) in [5, 5.41) is 0. The molecule has 2 aliphatic rings. The van der Waals surface area contributed by atoms with Gasteiger partial charge in [-0.3, -0.25) is 0 Å². The maximum atomic E-state index is 13.1. The highest BCUT2D eigenvalue weighted by Crippen LogP contribution is 2.37. The van der Waals surface area contributed by atoms with Crippen LogP contribution in [0.25, 0.3) is 0 Å². The highest BCUT2D eigenvalue weighted by atomic mass is 16.7. The summed E-state index contributed by atoms with van der Waals surface area (Å²) >= 11 is 0. The molecule has 0 N–H and O–H groups in total. The first-order valence-corrected chi connectivity index (χ1v) is 13.0. The van der Waals surface area contributed by atoms with Gasteiger partial charge in [-0.05, 0) is 95.9 Å². The monoisotopic (exact) mass is 493 g/mol. The van der Waals surface area contributed by atoms with Crippen LogP contribution >= 0.6 is 0 Å². The Hall–Kier alpha value is -2.51. The number of hydrogen-bond donors (Lipinski definition) is 0. The number of carbonyl (C=O) groups is 1. The Labute approximate surface area is 216 Å². The van der Waals surface area contributed by atoms with E-state index in [-0.39, 0.29) is 6.09 Å². The highest BCUT2D eigenvalue weighted by molar-refractivity contribution is 6.62. The van der Waals surface area contributed by atoms with Gasteiger partial charge in [0.1, 0.15) is 18.0 Å². The molecule has 0 unspecified atom stereocenters. The lowest BCUT2D eigenvalue weighted by molar-refractivity contribution is 0.00578. The van der Waals surface area contributed by atoms with Gasteiger partial charge in [-0.15, -0.1) is 0 Å². The summed E-state index contributed by atoms with van der Waals surface area (Å²) in [6, 6.07) is 16.1. The zero-order valence-electron chi connectivity index (χ0n) is 22.8. The summed E-state index contributed by atoms with van der Waals surface area (Å²) in [4.78, 5) is 14.9. The van der Waals surface area contributed by atoms with E-state index in [1.807, 2.05) is 95.8 Å². The van der Waals surface area contributed by atoms with Crippen molar-refractivity contribution in [3.05, 3.63) is 59.7 Å². The van der Waals surface area contributed by atoms with Crippen molar-refractivity contribution in [2.24, 2.45) is 5.92 Å². The molecule has 1 heterocycles. The van der Waals surface area contributed by atoms with E-state index in [0.717, 1.165) is 35.2 Å². The molecule has 0 aromatic heterocycles. The Morgan fingerprint density at radius 1 is 1.00 bits per heavy atom. The van der Waals surface area contributed by atoms with Gasteiger partial charge < -0.3 is 23.7 Å². The van der Waals surface area contributed by atoms with Gasteiger partial charge in [0.25, 0.3) is 0 Å². The topological polar surface area (TPSA) is 57.2 Å². The van der Waals surface area contributed by atoms with Crippen molar-refractivity contribution in [2.75, 3.05) is 6.54 Å². The number of carbonyl (C=O) groups excluding carboxylic acids is 1. The van der Waals surface area contributed by atoms with Crippen LogP contribution in [0.5, 0.6) is 5.75 Å². The van der Waals surface area contributed by atoms with Gasteiger partial charge >= 0.3 is 13.2 Å². The lowest BCUT2D eigenvalue weighted by Crippen LogP contribution is -2.41. The van der Waals surface area contributed by atoms with Crippen LogP contribution in [0.3, 0.4) is 0 Å². The average molecular weight is 493 g/mol. The van der Waals surface area contributed by atoms with E-state index in [1.54, 1.807) is 0 Å². The first kappa shape index (κ1) is 26.6. The van der Waals surface area contributed by atoms with Crippen LogP contribution in [0.4, 0.5) is 4.79 Å². The third-order valence-corrected chi connectivity index (χ3v) is 6.96. The molecule has 0 spiro atoms. The number of nitrogens with zero attached hydrogens (tertiary/aromatic N) is 1. The summed E-state index contributed by atoms with van der Waals surface area (Å²) in [5.74, 6) is 1.26. The minimum atomic E-state index is -0.548. The second-order valence-electron chi connectivity index (χ2n) is 12.1. The second-order valence-corrected chi connectivity index (χ2v) is 12.1. The first-order valence-electron chi connectivity index (χ1n) is 13.0. The summed E-state index contributed by atoms with van der Waals surface area (Å²) < 4.78 is 24.6. The standard InChI is InChI=1S/C29H40BNO5/c1-27(2,3)34-26(32)31(18-21-13-14-21)19-23-15-24(30-35-28(4,5)29(6,7)36-30)17-25(16-23)33-20-22-11-9-8-10-12-22/h8-12,15-17,21H,13-14,18-20H2,1-7H3. The lowest BCUT2D eigenvalue weighted by atomic mass is 9.78. The molecule has 1 aliphatic heterocycles. The van der Waals surface area contributed by atoms with Crippen molar-refractivity contribution in [2.45, 2.75) is 91.3 Å². The molecule has 6 nitrogen and oxygen atoms in total. The van der Waals surface area contributed by atoms with Crippen LogP contribution in [-0.4, -0.2) is 41.5 Å². The Balaban J connectivity index is 1.61. The lowest BCUT2D eigenvalue weighted by Gasteiger charge is -2.32. The summed E-state index contributed by atoms with van der Waals surface area (Å²) in [6.07, 6.45) is 2.01. The first-order chi connectivity index (χ1) is 16.8. The molecule has 2 aromatic carbocycles. The molecular formula is C29H40BNO5. The fourth-order valence-corrected chi connectivity index (χ4v) is 4.08. The van der Waals surface area contributed by atoms with Gasteiger partial charge in [0.05, 0.1) is 11.2 Å². The molecule has 1 aliphatic carbocycles. The van der Waals surface area contributed by atoms with Crippen LogP contribution < -0.4 is 10.2 Å². The van der Waals surface area contributed by atoms with Crippen LogP contribution in [0.15, 0.2) is 48.5 Å². The van der Waals surface area contributed by atoms with Gasteiger partial charge in [-0.25, -0.2) is 4.79 Å². The van der Waals surface area contributed by atoms with Crippen LogP contribution in [0.1, 0.15) is 72.4 Å². The molecule has 0 bridgehead atoms. The van der Waals surface area contributed by atoms with E-state index < -0.39 is 23.9 Å². The number of hydrogen-bond acceptors (Lipinski definition) is 5. The minimum Gasteiger partial charge on any atom is -0.489 e. The normalized spacial score (nSPS) is 18.7. The van der Waals surface area contributed by atoms with Crippen molar-refractivity contribution in [3.8, 4) is 5.75 Å². The smallest absolute Gasteiger partial charge is 0.489 e. The quantitative estimate of drug-likeness (QED) is 0.441. The Morgan fingerprint density at radius 2 is 1.64 bits per heavy atom. The van der Waals surface area contributed by atoms with Crippen molar-refractivity contribution in [1.29, 1.82) is 0 Å². The minimum absolute atomic E-state index is 0.290. The number of amides is 1. The molecular weight excluding hydrogens is 453 g/mol. The van der Waals surface area contributed by atoms with E-state index in [0.29, 0.717) is 25.6 Å². The molecule has 194 valence electrons. The number of ether oxygens (including phenoxy) is 2. The molecule has 36 heavy (non-hydrogen) atoms. The van der Waals surface area contributed by atoms with Crippen LogP contribution in [0, 0.1) is 5.92 Å². The fraction of sp³-hybridized carbons (Fsp3) is 0.552. The zero-order valence-corrected chi connectivity index (χ0v) is 22.8. The predicted octanol–water partition coefficient (Wildman–Crippen LogP) is 5.71. The van der Waals surface area contributed by atoms with Crippen molar-refractivity contribution in [3.63, 3.8) is 0 Å². The fourth-order valence-electron chi connectivity index (χ4n) is 4.08. The molecule has 7 heteroatoms. The van der Waals surface area contributed by atoms with Gasteiger partial charge in [-0.1, -0.05) is 36.4 Å². The van der Waals surface area contributed by atoms with Crippen molar-refractivity contribution < 1.29 is 23.6 Å². The predicted molar refractivity (Wildman–Crippen MR) is 142 cm³/mol. The molecule has 4 rings (SSSR count). The molecule has 2 fully saturated rings. The Bertz CT molecular complexity index is 1040. The maximum absolute atomic E-state index is 13.1. The molecule has 2 aromatic rings. The van der Waals surface area contributed by atoms with Gasteiger partial charge in [0, 0.05) is 13.1 Å². The molecule has 1 saturated heterocycles. The van der Waals surface area contributed by atoms with Gasteiger partial charge in [0.2, 0.25) is 0 Å². The molecule has 0 radical (unpaired) electrons. The van der Waals surface area contributed by atoms with Crippen molar-refractivity contribution >= 4 is 18.7 Å². The van der Waals surface area contributed by atoms with E-state index in [2.05, 4.69) is 6.07 Å². The molecule has 1 saturated carbocycles. The van der Waals surface area contributed by atoms with Gasteiger partial charge in [0.15, 0.2) is 0 Å². The third kappa shape index (κ3) is 6.83. The van der Waals surface area contributed by atoms with Crippen LogP contribution in [-0.2, 0) is 27.2 Å². The largest absolute Gasteiger partial charge is 0.494 e. The number of benzene rings is 2. The average Bonchev–Trinajstić information content (AvgIpc) is 3.56. The van der Waals surface area contributed by atoms with E-state index in [1.165, 1.54) is 0 Å². The SMILES string of the molecule is CC(C)(C)OC(=O)N(Cc1cc(OCc2ccccc2)cc(B2OC(C)(C)C(C)(C)O2)c1)CC1CC1. The van der Waals surface area contributed by atoms with Crippen LogP contribution in [0.2, 0.25) is 0 Å².